The van der Waals surface area contributed by atoms with E-state index in [4.69, 9.17) is 9.47 Å². The summed E-state index contributed by atoms with van der Waals surface area (Å²) in [4.78, 5) is 26.2. The standard InChI is InChI=1S/C21H21F3N6O4/c1-33-15-4-2-3-14(11-15)25-18(31)12-34-19(32)13-7-9-29(10-8-13)17-6-5-16-26-27-20(21(22,23)24)30(16)28-17/h2-6,11,13H,7-10,12H2,1H3,(H,25,31). The number of methoxy groups -OCH3 is 1. The molecule has 0 aliphatic carbocycles. The Bertz CT molecular complexity index is 1190. The number of anilines is 2. The predicted octanol–water partition coefficient (Wildman–Crippen LogP) is 2.55. The molecular formula is C21H21F3N6O4. The highest BCUT2D eigenvalue weighted by Crippen LogP contribution is 2.29. The fourth-order valence-electron chi connectivity index (χ4n) is 3.62. The van der Waals surface area contributed by atoms with Gasteiger partial charge in [0.2, 0.25) is 0 Å². The topological polar surface area (TPSA) is 111 Å². The Morgan fingerprint density at radius 1 is 1.15 bits per heavy atom. The number of fused-ring (bicyclic) bond motifs is 1. The van der Waals surface area contributed by atoms with Crippen LogP contribution in [0.2, 0.25) is 0 Å². The Hall–Kier alpha value is -3.90. The van der Waals surface area contributed by atoms with Gasteiger partial charge in [0.05, 0.1) is 13.0 Å². The van der Waals surface area contributed by atoms with E-state index in [-0.39, 0.29) is 5.65 Å². The number of amides is 1. The van der Waals surface area contributed by atoms with Crippen LogP contribution < -0.4 is 15.0 Å². The van der Waals surface area contributed by atoms with Crippen LogP contribution >= 0.6 is 0 Å². The molecule has 0 unspecified atom stereocenters. The van der Waals surface area contributed by atoms with E-state index < -0.39 is 36.4 Å². The van der Waals surface area contributed by atoms with E-state index in [0.717, 1.165) is 0 Å². The number of carbonyl (C=O) groups is 2. The minimum atomic E-state index is -4.68. The zero-order valence-electron chi connectivity index (χ0n) is 18.1. The molecule has 0 atom stereocenters. The number of ether oxygens (including phenoxy) is 2. The van der Waals surface area contributed by atoms with Gasteiger partial charge in [-0.1, -0.05) is 6.07 Å². The van der Waals surface area contributed by atoms with Crippen LogP contribution in [-0.4, -0.2) is 58.5 Å². The third-order valence-electron chi connectivity index (χ3n) is 5.35. The van der Waals surface area contributed by atoms with Crippen molar-refractivity contribution in [3.05, 3.63) is 42.2 Å². The van der Waals surface area contributed by atoms with Gasteiger partial charge in [-0.25, -0.2) is 0 Å². The van der Waals surface area contributed by atoms with Crippen molar-refractivity contribution >= 4 is 29.0 Å². The first-order valence-electron chi connectivity index (χ1n) is 10.4. The minimum Gasteiger partial charge on any atom is -0.497 e. The summed E-state index contributed by atoms with van der Waals surface area (Å²) in [6.45, 7) is 0.345. The summed E-state index contributed by atoms with van der Waals surface area (Å²) in [5.74, 6) is -1.70. The van der Waals surface area contributed by atoms with Crippen molar-refractivity contribution in [3.63, 3.8) is 0 Å². The van der Waals surface area contributed by atoms with Gasteiger partial charge in [0, 0.05) is 24.8 Å². The lowest BCUT2D eigenvalue weighted by Crippen LogP contribution is -2.38. The molecule has 180 valence electrons. The SMILES string of the molecule is COc1cccc(NC(=O)COC(=O)C2CCN(c3ccc4nnc(C(F)(F)F)n4n3)CC2)c1. The van der Waals surface area contributed by atoms with Crippen molar-refractivity contribution in [3.8, 4) is 5.75 Å². The summed E-state index contributed by atoms with van der Waals surface area (Å²) in [7, 11) is 1.51. The van der Waals surface area contributed by atoms with E-state index in [2.05, 4.69) is 20.6 Å². The van der Waals surface area contributed by atoms with Crippen LogP contribution in [0.4, 0.5) is 24.7 Å². The van der Waals surface area contributed by atoms with Gasteiger partial charge in [0.15, 0.2) is 12.3 Å². The van der Waals surface area contributed by atoms with Gasteiger partial charge in [-0.15, -0.1) is 15.3 Å². The summed E-state index contributed by atoms with van der Waals surface area (Å²) in [6, 6.07) is 9.74. The highest BCUT2D eigenvalue weighted by molar-refractivity contribution is 5.93. The average molecular weight is 478 g/mol. The average Bonchev–Trinajstić information content (AvgIpc) is 3.27. The Morgan fingerprint density at radius 3 is 2.62 bits per heavy atom. The highest BCUT2D eigenvalue weighted by Gasteiger charge is 2.38. The number of aromatic nitrogens is 4. The molecule has 13 heteroatoms. The molecule has 1 aliphatic rings. The summed E-state index contributed by atoms with van der Waals surface area (Å²) < 4.78 is 50.2. The normalized spacial score (nSPS) is 14.8. The zero-order valence-corrected chi connectivity index (χ0v) is 18.1. The van der Waals surface area contributed by atoms with Crippen molar-refractivity contribution in [2.75, 3.05) is 37.0 Å². The second-order valence-corrected chi connectivity index (χ2v) is 7.63. The largest absolute Gasteiger partial charge is 0.497 e. The second-order valence-electron chi connectivity index (χ2n) is 7.63. The van der Waals surface area contributed by atoms with Gasteiger partial charge in [-0.05, 0) is 37.1 Å². The third-order valence-corrected chi connectivity index (χ3v) is 5.35. The molecular weight excluding hydrogens is 457 g/mol. The van der Waals surface area contributed by atoms with Crippen molar-refractivity contribution in [2.24, 2.45) is 5.92 Å². The second kappa shape index (κ2) is 9.53. The Kier molecular flexibility index (Phi) is 6.52. The van der Waals surface area contributed by atoms with Crippen molar-refractivity contribution < 1.29 is 32.2 Å². The van der Waals surface area contributed by atoms with E-state index in [0.29, 0.717) is 47.7 Å². The summed E-state index contributed by atoms with van der Waals surface area (Å²) in [6.07, 6.45) is -3.87. The molecule has 4 rings (SSSR count). The Balaban J connectivity index is 1.29. The maximum absolute atomic E-state index is 13.1. The van der Waals surface area contributed by atoms with Crippen LogP contribution in [0.1, 0.15) is 18.7 Å². The van der Waals surface area contributed by atoms with Gasteiger partial charge in [-0.2, -0.15) is 17.7 Å². The fourth-order valence-corrected chi connectivity index (χ4v) is 3.62. The lowest BCUT2D eigenvalue weighted by atomic mass is 9.97. The van der Waals surface area contributed by atoms with Crippen LogP contribution in [0.15, 0.2) is 36.4 Å². The van der Waals surface area contributed by atoms with Gasteiger partial charge < -0.3 is 19.7 Å². The van der Waals surface area contributed by atoms with E-state index in [1.54, 1.807) is 35.2 Å². The van der Waals surface area contributed by atoms with Crippen molar-refractivity contribution in [1.82, 2.24) is 19.8 Å². The Labute approximate surface area is 191 Å². The molecule has 34 heavy (non-hydrogen) atoms. The molecule has 3 aromatic rings. The highest BCUT2D eigenvalue weighted by atomic mass is 19.4. The van der Waals surface area contributed by atoms with E-state index in [9.17, 15) is 22.8 Å². The maximum atomic E-state index is 13.1. The number of alkyl halides is 3. The molecule has 1 aromatic carbocycles. The molecule has 0 saturated carbocycles. The third kappa shape index (κ3) is 5.18. The molecule has 3 heterocycles. The van der Waals surface area contributed by atoms with Gasteiger partial charge in [0.25, 0.3) is 11.7 Å². The number of carbonyl (C=O) groups excluding carboxylic acids is 2. The Morgan fingerprint density at radius 2 is 1.91 bits per heavy atom. The first-order valence-corrected chi connectivity index (χ1v) is 10.4. The molecule has 10 nitrogen and oxygen atoms in total. The van der Waals surface area contributed by atoms with Crippen LogP contribution in [-0.2, 0) is 20.5 Å². The number of nitrogens with one attached hydrogen (secondary N) is 1. The molecule has 1 fully saturated rings. The molecule has 1 amide bonds. The molecule has 0 bridgehead atoms. The van der Waals surface area contributed by atoms with Crippen LogP contribution in [0, 0.1) is 5.92 Å². The maximum Gasteiger partial charge on any atom is 0.453 e. The van der Waals surface area contributed by atoms with Gasteiger partial charge >= 0.3 is 12.1 Å². The summed E-state index contributed by atoms with van der Waals surface area (Å²) >= 11 is 0. The lowest BCUT2D eigenvalue weighted by molar-refractivity contribution is -0.152. The van der Waals surface area contributed by atoms with Crippen molar-refractivity contribution in [2.45, 2.75) is 19.0 Å². The molecule has 0 spiro atoms. The minimum absolute atomic E-state index is 0.0123. The van der Waals surface area contributed by atoms with Crippen LogP contribution in [0.25, 0.3) is 5.65 Å². The lowest BCUT2D eigenvalue weighted by Gasteiger charge is -2.31. The summed E-state index contributed by atoms with van der Waals surface area (Å²) in [5.41, 5.74) is 0.502. The number of halogens is 3. The molecule has 2 aromatic heterocycles. The first kappa shape index (κ1) is 23.3. The molecule has 1 saturated heterocycles. The zero-order chi connectivity index (χ0) is 24.3. The molecule has 0 radical (unpaired) electrons. The number of piperidine rings is 1. The van der Waals surface area contributed by atoms with E-state index in [1.165, 1.54) is 13.2 Å². The quantitative estimate of drug-likeness (QED) is 0.539. The van der Waals surface area contributed by atoms with Crippen LogP contribution in [0.5, 0.6) is 5.75 Å². The van der Waals surface area contributed by atoms with Crippen molar-refractivity contribution in [1.29, 1.82) is 0 Å². The predicted molar refractivity (Wildman–Crippen MR) is 113 cm³/mol. The number of hydrogen-bond acceptors (Lipinski definition) is 8. The van der Waals surface area contributed by atoms with Gasteiger partial charge in [-0.3, -0.25) is 9.59 Å². The van der Waals surface area contributed by atoms with Gasteiger partial charge in [0.1, 0.15) is 11.6 Å². The fraction of sp³-hybridized carbons (Fsp3) is 0.381. The molecule has 1 aliphatic heterocycles. The number of hydrogen-bond donors (Lipinski definition) is 1. The van der Waals surface area contributed by atoms with E-state index in [1.807, 2.05) is 0 Å². The number of rotatable bonds is 6. The summed E-state index contributed by atoms with van der Waals surface area (Å²) in [5, 5.41) is 13.3. The number of benzene rings is 1. The smallest absolute Gasteiger partial charge is 0.453 e. The molecule has 1 N–H and O–H groups in total. The van der Waals surface area contributed by atoms with Crippen LogP contribution in [0.3, 0.4) is 0 Å². The monoisotopic (exact) mass is 478 g/mol. The first-order chi connectivity index (χ1) is 16.2. The number of esters is 1. The van der Waals surface area contributed by atoms with E-state index >= 15 is 0 Å². The number of nitrogens with zero attached hydrogens (tertiary/aromatic N) is 5.